The number of hydrogen-bond donors (Lipinski definition) is 2. The summed E-state index contributed by atoms with van der Waals surface area (Å²) >= 11 is 6.48. The van der Waals surface area contributed by atoms with Gasteiger partial charge >= 0.3 is 6.01 Å². The zero-order valence-electron chi connectivity index (χ0n) is 24.7. The van der Waals surface area contributed by atoms with Gasteiger partial charge in [0.25, 0.3) is 0 Å². The maximum atomic E-state index is 14.6. The van der Waals surface area contributed by atoms with Crippen LogP contribution in [0.25, 0.3) is 10.8 Å². The van der Waals surface area contributed by atoms with E-state index in [4.69, 9.17) is 26.3 Å². The van der Waals surface area contributed by atoms with Gasteiger partial charge in [0, 0.05) is 49.6 Å². The van der Waals surface area contributed by atoms with E-state index < -0.39 is 12.0 Å². The molecule has 8 nitrogen and oxygen atoms in total. The number of anilines is 2. The van der Waals surface area contributed by atoms with Crippen LogP contribution in [-0.2, 0) is 13.0 Å². The maximum Gasteiger partial charge on any atom is 0.318 e. The molecule has 2 N–H and O–H groups in total. The van der Waals surface area contributed by atoms with Gasteiger partial charge < -0.3 is 24.7 Å². The van der Waals surface area contributed by atoms with Crippen molar-refractivity contribution in [2.45, 2.75) is 75.7 Å². The Morgan fingerprint density at radius 1 is 1.05 bits per heavy atom. The number of rotatable bonds is 5. The smallest absolute Gasteiger partial charge is 0.318 e. The Hall–Kier alpha value is -2.95. The average Bonchev–Trinajstić information content (AvgIpc) is 3.52. The van der Waals surface area contributed by atoms with Crippen LogP contribution in [0.3, 0.4) is 0 Å². The highest BCUT2D eigenvalue weighted by molar-refractivity contribution is 6.36. The first-order chi connectivity index (χ1) is 21.2. The van der Waals surface area contributed by atoms with Crippen molar-refractivity contribution in [1.82, 2.24) is 14.9 Å². The van der Waals surface area contributed by atoms with Crippen molar-refractivity contribution in [1.29, 1.82) is 0 Å². The monoisotopic (exact) mass is 625 g/mol. The molecule has 8 rings (SSSR count). The summed E-state index contributed by atoms with van der Waals surface area (Å²) in [5.41, 5.74) is 2.34. The molecule has 1 spiro atoms. The van der Waals surface area contributed by atoms with Crippen molar-refractivity contribution in [2.75, 3.05) is 49.1 Å². The fourth-order valence-electron chi connectivity index (χ4n) is 8.84. The van der Waals surface area contributed by atoms with E-state index >= 15 is 0 Å². The number of benzene rings is 2. The van der Waals surface area contributed by atoms with E-state index in [-0.39, 0.29) is 27.8 Å². The number of piperidine rings is 1. The highest BCUT2D eigenvalue weighted by atomic mass is 35.5. The molecule has 3 saturated heterocycles. The molecule has 0 amide bonds. The van der Waals surface area contributed by atoms with E-state index in [2.05, 4.69) is 14.7 Å². The second-order valence-electron chi connectivity index (χ2n) is 13.8. The van der Waals surface area contributed by atoms with E-state index in [0.29, 0.717) is 61.6 Å². The SMILES string of the molecule is Oc1cc(N2CCc3c(nc(OC[C@@]45CCCN4C[C@H](F)C5)nc3N3CCCC4(CC(O)C4)C3)C2)c2c(Cl)c(F)ccc2c1. The lowest BCUT2D eigenvalue weighted by Crippen LogP contribution is -2.53. The molecule has 3 aromatic rings. The minimum absolute atomic E-state index is 0.0279. The Kier molecular flexibility index (Phi) is 6.84. The van der Waals surface area contributed by atoms with Gasteiger partial charge in [0.2, 0.25) is 0 Å². The molecule has 4 fully saturated rings. The van der Waals surface area contributed by atoms with Crippen LogP contribution in [0.5, 0.6) is 11.8 Å². The topological polar surface area (TPSA) is 85.2 Å². The zero-order valence-corrected chi connectivity index (χ0v) is 25.5. The second-order valence-corrected chi connectivity index (χ2v) is 14.2. The molecular weight excluding hydrogens is 588 g/mol. The molecule has 1 aliphatic carbocycles. The van der Waals surface area contributed by atoms with Gasteiger partial charge in [-0.1, -0.05) is 17.7 Å². The number of alkyl halides is 1. The van der Waals surface area contributed by atoms with Crippen LogP contribution in [0.4, 0.5) is 20.3 Å². The lowest BCUT2D eigenvalue weighted by molar-refractivity contribution is -0.0397. The number of aliphatic hydroxyl groups excluding tert-OH is 1. The second kappa shape index (κ2) is 10.6. The third-order valence-corrected chi connectivity index (χ3v) is 11.2. The number of phenols is 1. The summed E-state index contributed by atoms with van der Waals surface area (Å²) in [5.74, 6) is 0.454. The molecule has 5 heterocycles. The number of ether oxygens (including phenoxy) is 1. The van der Waals surface area contributed by atoms with Crippen LogP contribution in [0.2, 0.25) is 5.02 Å². The summed E-state index contributed by atoms with van der Waals surface area (Å²) in [5, 5.41) is 21.9. The Labute approximate surface area is 260 Å². The molecule has 44 heavy (non-hydrogen) atoms. The third-order valence-electron chi connectivity index (χ3n) is 10.9. The molecule has 4 aliphatic heterocycles. The van der Waals surface area contributed by atoms with Crippen LogP contribution < -0.4 is 14.5 Å². The lowest BCUT2D eigenvalue weighted by Gasteiger charge is -2.52. The lowest BCUT2D eigenvalue weighted by atomic mass is 9.62. The van der Waals surface area contributed by atoms with Gasteiger partial charge in [-0.3, -0.25) is 4.90 Å². The minimum atomic E-state index is -0.844. The van der Waals surface area contributed by atoms with Crippen molar-refractivity contribution in [3.63, 3.8) is 0 Å². The zero-order chi connectivity index (χ0) is 30.2. The Morgan fingerprint density at radius 2 is 1.89 bits per heavy atom. The number of fused-ring (bicyclic) bond motifs is 3. The fraction of sp³-hybridized carbons (Fsp3) is 0.576. The summed E-state index contributed by atoms with van der Waals surface area (Å²) in [7, 11) is 0. The molecule has 5 aliphatic rings. The molecular formula is C33H38ClF2N5O3. The van der Waals surface area contributed by atoms with E-state index in [9.17, 15) is 19.0 Å². The van der Waals surface area contributed by atoms with Crippen LogP contribution in [0.15, 0.2) is 24.3 Å². The van der Waals surface area contributed by atoms with Crippen molar-refractivity contribution < 1.29 is 23.7 Å². The highest BCUT2D eigenvalue weighted by Crippen LogP contribution is 2.49. The molecule has 11 heteroatoms. The molecule has 1 saturated carbocycles. The van der Waals surface area contributed by atoms with Crippen molar-refractivity contribution in [3.05, 3.63) is 46.4 Å². The predicted molar refractivity (Wildman–Crippen MR) is 165 cm³/mol. The molecule has 0 radical (unpaired) electrons. The summed E-state index contributed by atoms with van der Waals surface area (Å²) in [6.07, 6.45) is 5.76. The normalized spacial score (nSPS) is 30.1. The fourth-order valence-corrected chi connectivity index (χ4v) is 9.11. The van der Waals surface area contributed by atoms with Crippen molar-refractivity contribution in [3.8, 4) is 11.8 Å². The molecule has 2 atom stereocenters. The van der Waals surface area contributed by atoms with Gasteiger partial charge in [-0.05, 0) is 74.4 Å². The van der Waals surface area contributed by atoms with E-state index in [1.54, 1.807) is 18.2 Å². The number of halogens is 3. The summed E-state index contributed by atoms with van der Waals surface area (Å²) in [6.45, 7) is 4.42. The number of aliphatic hydroxyl groups is 1. The first-order valence-electron chi connectivity index (χ1n) is 15.9. The number of aromatic hydroxyl groups is 1. The first-order valence-corrected chi connectivity index (χ1v) is 16.3. The van der Waals surface area contributed by atoms with Crippen LogP contribution in [-0.4, -0.2) is 82.2 Å². The van der Waals surface area contributed by atoms with E-state index in [1.165, 1.54) is 6.07 Å². The Balaban J connectivity index is 1.15. The van der Waals surface area contributed by atoms with Gasteiger partial charge in [0.1, 0.15) is 30.2 Å². The summed E-state index contributed by atoms with van der Waals surface area (Å²) in [6, 6.07) is 6.46. The number of aromatic nitrogens is 2. The standard InChI is InChI=1S/C33H38ClF2N5O3/c34-29-25(36)4-3-20-11-22(42)12-27(28(20)29)39-10-5-24-26(17-39)37-31(44-19-33-7-2-9-41(33)16-21(35)13-33)38-30(24)40-8-1-6-32(18-40)14-23(43)15-32/h3-4,11-12,21,23,42-43H,1-2,5-10,13-19H2/t21-,23?,32?,33+/m1/s1. The minimum Gasteiger partial charge on any atom is -0.508 e. The van der Waals surface area contributed by atoms with Crippen LogP contribution >= 0.6 is 11.6 Å². The van der Waals surface area contributed by atoms with Gasteiger partial charge in [0.05, 0.1) is 34.6 Å². The third kappa shape index (κ3) is 4.75. The van der Waals surface area contributed by atoms with Gasteiger partial charge in [-0.15, -0.1) is 0 Å². The largest absolute Gasteiger partial charge is 0.508 e. The van der Waals surface area contributed by atoms with Gasteiger partial charge in [0.15, 0.2) is 0 Å². The highest BCUT2D eigenvalue weighted by Gasteiger charge is 2.50. The Bertz CT molecular complexity index is 1610. The average molecular weight is 626 g/mol. The molecule has 234 valence electrons. The van der Waals surface area contributed by atoms with Crippen molar-refractivity contribution >= 4 is 33.9 Å². The number of nitrogens with zero attached hydrogens (tertiary/aromatic N) is 5. The maximum absolute atomic E-state index is 14.6. The van der Waals surface area contributed by atoms with Crippen LogP contribution in [0, 0.1) is 11.2 Å². The Morgan fingerprint density at radius 3 is 2.73 bits per heavy atom. The molecule has 1 aromatic heterocycles. The summed E-state index contributed by atoms with van der Waals surface area (Å²) < 4.78 is 35.5. The van der Waals surface area contributed by atoms with Gasteiger partial charge in [-0.2, -0.15) is 9.97 Å². The molecule has 2 aromatic carbocycles. The summed E-state index contributed by atoms with van der Waals surface area (Å²) in [4.78, 5) is 16.6. The quantitative estimate of drug-likeness (QED) is 0.391. The predicted octanol–water partition coefficient (Wildman–Crippen LogP) is 5.39. The van der Waals surface area contributed by atoms with Crippen molar-refractivity contribution in [2.24, 2.45) is 5.41 Å². The van der Waals surface area contributed by atoms with Crippen LogP contribution in [0.1, 0.15) is 56.2 Å². The number of phenolic OH excluding ortho intramolecular Hbond substituents is 1. The first kappa shape index (κ1) is 28.5. The molecule has 0 bridgehead atoms. The van der Waals surface area contributed by atoms with Gasteiger partial charge in [-0.25, -0.2) is 8.78 Å². The van der Waals surface area contributed by atoms with E-state index in [1.807, 2.05) is 0 Å². The number of hydrogen-bond acceptors (Lipinski definition) is 8. The van der Waals surface area contributed by atoms with E-state index in [0.717, 1.165) is 75.2 Å². The molecule has 0 unspecified atom stereocenters.